The molecule has 34 heavy (non-hydrogen) atoms. The minimum absolute atomic E-state index is 0.0167. The summed E-state index contributed by atoms with van der Waals surface area (Å²) in [6, 6.07) is 10.9. The zero-order valence-electron chi connectivity index (χ0n) is 18.5. The summed E-state index contributed by atoms with van der Waals surface area (Å²) < 4.78 is 68.7. The van der Waals surface area contributed by atoms with E-state index < -0.39 is 27.7 Å². The van der Waals surface area contributed by atoms with Gasteiger partial charge in [-0.2, -0.15) is 18.3 Å². The predicted octanol–water partition coefficient (Wildman–Crippen LogP) is 5.12. The van der Waals surface area contributed by atoms with Gasteiger partial charge >= 0.3 is 6.18 Å². The predicted molar refractivity (Wildman–Crippen MR) is 123 cm³/mol. The number of carbonyl (C=O) groups is 1. The molecule has 7 nitrogen and oxygen atoms in total. The van der Waals surface area contributed by atoms with Crippen molar-refractivity contribution in [2.75, 3.05) is 16.2 Å². The number of hydrogen-bond acceptors (Lipinski definition) is 4. The van der Waals surface area contributed by atoms with Crippen LogP contribution in [0.5, 0.6) is 0 Å². The lowest BCUT2D eigenvalue weighted by atomic mass is 10.2. The number of alkyl halides is 3. The molecule has 3 aromatic rings. The van der Waals surface area contributed by atoms with Crippen LogP contribution in [0.15, 0.2) is 78.3 Å². The van der Waals surface area contributed by atoms with Crippen LogP contribution in [0.2, 0.25) is 0 Å². The average Bonchev–Trinajstić information content (AvgIpc) is 3.25. The molecule has 11 heteroatoms. The summed E-state index contributed by atoms with van der Waals surface area (Å²) in [6.07, 6.45) is -1.85. The molecule has 0 atom stereocenters. The molecule has 0 aliphatic rings. The second-order valence-electron chi connectivity index (χ2n) is 7.61. The molecule has 0 bridgehead atoms. The Hall–Kier alpha value is -3.60. The molecular formula is C23H23F3N4O3S. The third-order valence-corrected chi connectivity index (χ3v) is 6.63. The van der Waals surface area contributed by atoms with Crippen LogP contribution in [0, 0.1) is 0 Å². The molecule has 1 amide bonds. The summed E-state index contributed by atoms with van der Waals surface area (Å²) in [5.41, 5.74) is -1.10. The highest BCUT2D eigenvalue weighted by Gasteiger charge is 2.32. The number of halogens is 3. The number of carbonyl (C=O) groups excluding carboxylic acids is 1. The standard InChI is InChI=1S/C23H23F3N4O3S/c1-4-13-29(19-9-6-8-18(15-19)23(24,25)26)34(32,33)20-10-5-7-17(14-20)22(31)28-21-11-12-27-30(21)16(2)3/h4-12,14-16H,1,13H2,2-3H3,(H,28,31). The Kier molecular flexibility index (Phi) is 7.15. The topological polar surface area (TPSA) is 84.3 Å². The van der Waals surface area contributed by atoms with Gasteiger partial charge in [-0.15, -0.1) is 6.58 Å². The van der Waals surface area contributed by atoms with Crippen molar-refractivity contribution in [1.82, 2.24) is 9.78 Å². The Morgan fingerprint density at radius 2 is 1.88 bits per heavy atom. The molecule has 1 heterocycles. The van der Waals surface area contributed by atoms with E-state index in [9.17, 15) is 26.4 Å². The van der Waals surface area contributed by atoms with Gasteiger partial charge in [0.2, 0.25) is 0 Å². The molecular weight excluding hydrogens is 469 g/mol. The van der Waals surface area contributed by atoms with Gasteiger partial charge in [-0.25, -0.2) is 13.1 Å². The van der Waals surface area contributed by atoms with Gasteiger partial charge in [0.15, 0.2) is 0 Å². The summed E-state index contributed by atoms with van der Waals surface area (Å²) >= 11 is 0. The van der Waals surface area contributed by atoms with E-state index in [0.717, 1.165) is 22.5 Å². The minimum Gasteiger partial charge on any atom is -0.307 e. The van der Waals surface area contributed by atoms with Crippen molar-refractivity contribution in [1.29, 1.82) is 0 Å². The van der Waals surface area contributed by atoms with Gasteiger partial charge in [-0.3, -0.25) is 9.10 Å². The fraction of sp³-hybridized carbons (Fsp3) is 0.217. The first-order valence-corrected chi connectivity index (χ1v) is 11.6. The molecule has 0 saturated heterocycles. The molecule has 2 aromatic carbocycles. The number of hydrogen-bond donors (Lipinski definition) is 1. The second kappa shape index (κ2) is 9.72. The number of benzene rings is 2. The summed E-state index contributed by atoms with van der Waals surface area (Å²) in [4.78, 5) is 12.5. The summed E-state index contributed by atoms with van der Waals surface area (Å²) in [5, 5.41) is 6.82. The van der Waals surface area contributed by atoms with E-state index in [0.29, 0.717) is 5.82 Å². The van der Waals surface area contributed by atoms with Crippen LogP contribution in [-0.2, 0) is 16.2 Å². The zero-order chi connectivity index (χ0) is 25.1. The first-order chi connectivity index (χ1) is 15.9. The Morgan fingerprint density at radius 3 is 2.53 bits per heavy atom. The van der Waals surface area contributed by atoms with E-state index >= 15 is 0 Å². The third-order valence-electron chi connectivity index (χ3n) is 4.84. The van der Waals surface area contributed by atoms with Crippen LogP contribution in [0.3, 0.4) is 0 Å². The van der Waals surface area contributed by atoms with Gasteiger partial charge in [-0.1, -0.05) is 18.2 Å². The third kappa shape index (κ3) is 5.30. The van der Waals surface area contributed by atoms with Gasteiger partial charge < -0.3 is 5.32 Å². The molecule has 3 rings (SSSR count). The van der Waals surface area contributed by atoms with Crippen molar-refractivity contribution < 1.29 is 26.4 Å². The quantitative estimate of drug-likeness (QED) is 0.443. The molecule has 0 spiro atoms. The number of amides is 1. The molecule has 0 saturated carbocycles. The van der Waals surface area contributed by atoms with Crippen molar-refractivity contribution in [3.8, 4) is 0 Å². The molecule has 0 fully saturated rings. The Morgan fingerprint density at radius 1 is 1.18 bits per heavy atom. The van der Waals surface area contributed by atoms with Gasteiger partial charge in [-0.05, 0) is 50.2 Å². The number of sulfonamides is 1. The van der Waals surface area contributed by atoms with E-state index in [2.05, 4.69) is 17.0 Å². The number of aromatic nitrogens is 2. The fourth-order valence-corrected chi connectivity index (χ4v) is 4.71. The maximum absolute atomic E-state index is 13.4. The minimum atomic E-state index is -4.64. The Balaban J connectivity index is 1.96. The van der Waals surface area contributed by atoms with Gasteiger partial charge in [0.25, 0.3) is 15.9 Å². The van der Waals surface area contributed by atoms with E-state index in [1.807, 2.05) is 13.8 Å². The zero-order valence-corrected chi connectivity index (χ0v) is 19.3. The molecule has 0 aliphatic carbocycles. The largest absolute Gasteiger partial charge is 0.416 e. The van der Waals surface area contributed by atoms with Crippen LogP contribution < -0.4 is 9.62 Å². The van der Waals surface area contributed by atoms with Gasteiger partial charge in [0.1, 0.15) is 5.82 Å². The molecule has 1 aromatic heterocycles. The number of nitrogens with one attached hydrogen (secondary N) is 1. The SMILES string of the molecule is C=CCN(c1cccc(C(F)(F)F)c1)S(=O)(=O)c1cccc(C(=O)Nc2ccnn2C(C)C)c1. The summed E-state index contributed by atoms with van der Waals surface area (Å²) in [6.45, 7) is 7.02. The average molecular weight is 493 g/mol. The molecule has 0 unspecified atom stereocenters. The fourth-order valence-electron chi connectivity index (χ4n) is 3.24. The van der Waals surface area contributed by atoms with E-state index in [-0.39, 0.29) is 28.7 Å². The molecule has 180 valence electrons. The Labute approximate surface area is 195 Å². The van der Waals surface area contributed by atoms with Crippen molar-refractivity contribution in [2.45, 2.75) is 31.0 Å². The lowest BCUT2D eigenvalue weighted by Crippen LogP contribution is -2.31. The van der Waals surface area contributed by atoms with Crippen molar-refractivity contribution in [2.24, 2.45) is 0 Å². The maximum Gasteiger partial charge on any atom is 0.416 e. The van der Waals surface area contributed by atoms with Crippen molar-refractivity contribution in [3.63, 3.8) is 0 Å². The highest BCUT2D eigenvalue weighted by molar-refractivity contribution is 7.92. The number of anilines is 2. The van der Waals surface area contributed by atoms with Crippen LogP contribution in [-0.4, -0.2) is 30.7 Å². The van der Waals surface area contributed by atoms with Gasteiger partial charge in [0, 0.05) is 17.7 Å². The molecule has 1 N–H and O–H groups in total. The molecule has 0 radical (unpaired) electrons. The lowest BCUT2D eigenvalue weighted by Gasteiger charge is -2.24. The van der Waals surface area contributed by atoms with Crippen LogP contribution in [0.25, 0.3) is 0 Å². The lowest BCUT2D eigenvalue weighted by molar-refractivity contribution is -0.137. The summed E-state index contributed by atoms with van der Waals surface area (Å²) in [5.74, 6) is -0.126. The normalized spacial score (nSPS) is 11.9. The first-order valence-electron chi connectivity index (χ1n) is 10.2. The maximum atomic E-state index is 13.4. The first kappa shape index (κ1) is 25.0. The highest BCUT2D eigenvalue weighted by atomic mass is 32.2. The molecule has 0 aliphatic heterocycles. The monoisotopic (exact) mass is 492 g/mol. The van der Waals surface area contributed by atoms with Gasteiger partial charge in [0.05, 0.1) is 28.9 Å². The second-order valence-corrected chi connectivity index (χ2v) is 9.47. The van der Waals surface area contributed by atoms with Crippen molar-refractivity contribution in [3.05, 3.63) is 84.6 Å². The van der Waals surface area contributed by atoms with E-state index in [4.69, 9.17) is 0 Å². The van der Waals surface area contributed by atoms with E-state index in [1.54, 1.807) is 10.7 Å². The van der Waals surface area contributed by atoms with Crippen molar-refractivity contribution >= 4 is 27.4 Å². The highest BCUT2D eigenvalue weighted by Crippen LogP contribution is 2.33. The number of rotatable bonds is 8. The summed E-state index contributed by atoms with van der Waals surface area (Å²) in [7, 11) is -4.32. The van der Waals surface area contributed by atoms with Crippen LogP contribution in [0.1, 0.15) is 35.8 Å². The van der Waals surface area contributed by atoms with Crippen LogP contribution >= 0.6 is 0 Å². The number of nitrogens with zero attached hydrogens (tertiary/aromatic N) is 3. The smallest absolute Gasteiger partial charge is 0.307 e. The van der Waals surface area contributed by atoms with Crippen LogP contribution in [0.4, 0.5) is 24.7 Å². The Bertz CT molecular complexity index is 1300. The van der Waals surface area contributed by atoms with E-state index in [1.165, 1.54) is 42.6 Å².